The number of hydrogen-bond acceptors (Lipinski definition) is 6. The van der Waals surface area contributed by atoms with Gasteiger partial charge in [0, 0.05) is 13.2 Å². The van der Waals surface area contributed by atoms with Crippen LogP contribution in [-0.4, -0.2) is 55.8 Å². The van der Waals surface area contributed by atoms with Crippen molar-refractivity contribution in [1.29, 1.82) is 0 Å². The highest BCUT2D eigenvalue weighted by Gasteiger charge is 2.44. The van der Waals surface area contributed by atoms with Gasteiger partial charge in [0.1, 0.15) is 6.79 Å². The summed E-state index contributed by atoms with van der Waals surface area (Å²) in [5.74, 6) is 0. The molecule has 192 valence electrons. The molecule has 0 spiro atoms. The van der Waals surface area contributed by atoms with E-state index < -0.39 is 27.2 Å². The lowest BCUT2D eigenvalue weighted by atomic mass is 9.94. The first kappa shape index (κ1) is 26.5. The molecule has 0 unspecified atom stereocenters. The number of aliphatic hydroxyl groups is 1. The second-order valence-electron chi connectivity index (χ2n) is 9.15. The molecule has 1 N–H and O–H groups in total. The van der Waals surface area contributed by atoms with Crippen LogP contribution in [0.2, 0.25) is 0 Å². The highest BCUT2D eigenvalue weighted by atomic mass is 32.2. The fourth-order valence-electron chi connectivity index (χ4n) is 5.00. The second kappa shape index (κ2) is 13.1. The predicted molar refractivity (Wildman–Crippen MR) is 140 cm³/mol. The van der Waals surface area contributed by atoms with Crippen LogP contribution in [0, 0.1) is 0 Å². The molecule has 36 heavy (non-hydrogen) atoms. The van der Waals surface area contributed by atoms with Crippen molar-refractivity contribution in [1.82, 2.24) is 4.90 Å². The summed E-state index contributed by atoms with van der Waals surface area (Å²) in [6, 6.07) is 28.1. The third kappa shape index (κ3) is 6.81. The van der Waals surface area contributed by atoms with Crippen LogP contribution in [0.1, 0.15) is 30.4 Å². The highest BCUT2D eigenvalue weighted by Crippen LogP contribution is 2.33. The van der Waals surface area contributed by atoms with Gasteiger partial charge in [-0.05, 0) is 49.1 Å². The molecule has 3 aromatic rings. The van der Waals surface area contributed by atoms with Crippen molar-refractivity contribution < 1.29 is 23.0 Å². The lowest BCUT2D eigenvalue weighted by Gasteiger charge is -2.44. The number of sulfone groups is 1. The highest BCUT2D eigenvalue weighted by molar-refractivity contribution is 7.92. The quantitative estimate of drug-likeness (QED) is 0.288. The number of benzene rings is 3. The first-order valence-corrected chi connectivity index (χ1v) is 14.1. The maximum Gasteiger partial charge on any atom is 0.182 e. The van der Waals surface area contributed by atoms with E-state index in [9.17, 15) is 13.5 Å². The van der Waals surface area contributed by atoms with Crippen molar-refractivity contribution in [3.05, 3.63) is 102 Å². The van der Waals surface area contributed by atoms with Gasteiger partial charge in [-0.25, -0.2) is 8.42 Å². The molecule has 0 bridgehead atoms. The third-order valence-corrected chi connectivity index (χ3v) is 8.95. The van der Waals surface area contributed by atoms with Gasteiger partial charge in [-0.3, -0.25) is 4.90 Å². The molecule has 6 nitrogen and oxygen atoms in total. The van der Waals surface area contributed by atoms with Crippen molar-refractivity contribution in [3.63, 3.8) is 0 Å². The SMILES string of the molecule is O=S(=O)(c1ccccc1)[C@@H]1CCCN(Cc2ccccc2)[C@@H]1[C@H](CCO)OCOCc1ccccc1. The molecular formula is C29H35NO5S. The molecule has 1 aliphatic rings. The Hall–Kier alpha value is -2.55. The van der Waals surface area contributed by atoms with Gasteiger partial charge in [-0.2, -0.15) is 0 Å². The van der Waals surface area contributed by atoms with Gasteiger partial charge in [0.15, 0.2) is 9.84 Å². The summed E-state index contributed by atoms with van der Waals surface area (Å²) < 4.78 is 39.6. The van der Waals surface area contributed by atoms with Crippen LogP contribution in [0.5, 0.6) is 0 Å². The molecule has 0 radical (unpaired) electrons. The Labute approximate surface area is 214 Å². The van der Waals surface area contributed by atoms with Crippen molar-refractivity contribution in [2.45, 2.75) is 54.7 Å². The Morgan fingerprint density at radius 2 is 1.50 bits per heavy atom. The summed E-state index contributed by atoms with van der Waals surface area (Å²) in [5.41, 5.74) is 2.15. The van der Waals surface area contributed by atoms with E-state index in [0.717, 1.165) is 24.1 Å². The Bertz CT molecular complexity index is 1140. The van der Waals surface area contributed by atoms with E-state index in [2.05, 4.69) is 17.0 Å². The van der Waals surface area contributed by atoms with Gasteiger partial charge < -0.3 is 14.6 Å². The zero-order chi connectivity index (χ0) is 25.2. The van der Waals surface area contributed by atoms with Crippen LogP contribution in [-0.2, 0) is 32.5 Å². The molecule has 1 fully saturated rings. The van der Waals surface area contributed by atoms with Crippen molar-refractivity contribution >= 4 is 9.84 Å². The molecule has 7 heteroatoms. The zero-order valence-corrected chi connectivity index (χ0v) is 21.3. The molecule has 1 aliphatic heterocycles. The van der Waals surface area contributed by atoms with Crippen LogP contribution in [0.25, 0.3) is 0 Å². The number of piperidine rings is 1. The van der Waals surface area contributed by atoms with Crippen LogP contribution in [0.4, 0.5) is 0 Å². The van der Waals surface area contributed by atoms with E-state index in [1.807, 2.05) is 54.6 Å². The smallest absolute Gasteiger partial charge is 0.182 e. The minimum Gasteiger partial charge on any atom is -0.396 e. The fourth-order valence-corrected chi connectivity index (χ4v) is 7.08. The number of rotatable bonds is 12. The Kier molecular flexibility index (Phi) is 9.67. The summed E-state index contributed by atoms with van der Waals surface area (Å²) in [6.45, 7) is 1.69. The van der Waals surface area contributed by atoms with E-state index in [1.165, 1.54) is 0 Å². The summed E-state index contributed by atoms with van der Waals surface area (Å²) in [7, 11) is -3.62. The Morgan fingerprint density at radius 1 is 0.889 bits per heavy atom. The molecule has 1 heterocycles. The van der Waals surface area contributed by atoms with Crippen LogP contribution in [0.3, 0.4) is 0 Å². The molecule has 1 saturated heterocycles. The first-order valence-electron chi connectivity index (χ1n) is 12.5. The summed E-state index contributed by atoms with van der Waals surface area (Å²) >= 11 is 0. The minimum absolute atomic E-state index is 0.0212. The standard InChI is InChI=1S/C29H35NO5S/c31-20-18-27(35-23-34-22-25-13-6-2-7-14-25)29-28(36(32,33)26-15-8-3-9-16-26)17-10-19-30(29)21-24-11-4-1-5-12-24/h1-9,11-16,27-29,31H,10,17-23H2/t27-,28+,29+/m0/s1. The van der Waals surface area contributed by atoms with Crippen molar-refractivity contribution in [2.75, 3.05) is 19.9 Å². The largest absolute Gasteiger partial charge is 0.396 e. The average molecular weight is 510 g/mol. The van der Waals surface area contributed by atoms with Gasteiger partial charge in [0.25, 0.3) is 0 Å². The van der Waals surface area contributed by atoms with E-state index in [4.69, 9.17) is 9.47 Å². The summed E-state index contributed by atoms with van der Waals surface area (Å²) in [5, 5.41) is 9.25. The number of likely N-dealkylation sites (tertiary alicyclic amines) is 1. The van der Waals surface area contributed by atoms with E-state index in [1.54, 1.807) is 24.3 Å². The minimum atomic E-state index is -3.62. The molecule has 0 aliphatic carbocycles. The maximum atomic E-state index is 13.8. The average Bonchev–Trinajstić information content (AvgIpc) is 2.92. The number of nitrogens with zero attached hydrogens (tertiary/aromatic N) is 1. The molecule has 0 amide bonds. The van der Waals surface area contributed by atoms with Gasteiger partial charge >= 0.3 is 0 Å². The lowest BCUT2D eigenvalue weighted by molar-refractivity contribution is -0.128. The lowest BCUT2D eigenvalue weighted by Crippen LogP contribution is -2.57. The number of aliphatic hydroxyl groups excluding tert-OH is 1. The van der Waals surface area contributed by atoms with Crippen molar-refractivity contribution in [3.8, 4) is 0 Å². The van der Waals surface area contributed by atoms with E-state index in [0.29, 0.717) is 30.9 Å². The van der Waals surface area contributed by atoms with Gasteiger partial charge in [-0.1, -0.05) is 78.9 Å². The topological polar surface area (TPSA) is 76.1 Å². The molecule has 3 aromatic carbocycles. The third-order valence-electron chi connectivity index (χ3n) is 6.71. The second-order valence-corrected chi connectivity index (χ2v) is 11.3. The Balaban J connectivity index is 1.58. The Morgan fingerprint density at radius 3 is 2.14 bits per heavy atom. The predicted octanol–water partition coefficient (Wildman–Crippen LogP) is 4.44. The molecule has 0 saturated carbocycles. The number of hydrogen-bond donors (Lipinski definition) is 1. The van der Waals surface area contributed by atoms with Gasteiger partial charge in [-0.15, -0.1) is 0 Å². The molecule has 0 aromatic heterocycles. The fraction of sp³-hybridized carbons (Fsp3) is 0.379. The van der Waals surface area contributed by atoms with E-state index in [-0.39, 0.29) is 13.4 Å². The van der Waals surface area contributed by atoms with Gasteiger partial charge in [0.05, 0.1) is 28.9 Å². The number of ether oxygens (including phenoxy) is 2. The van der Waals surface area contributed by atoms with E-state index >= 15 is 0 Å². The van der Waals surface area contributed by atoms with Gasteiger partial charge in [0.2, 0.25) is 0 Å². The van der Waals surface area contributed by atoms with Crippen molar-refractivity contribution in [2.24, 2.45) is 0 Å². The van der Waals surface area contributed by atoms with Crippen LogP contribution < -0.4 is 0 Å². The van der Waals surface area contributed by atoms with Crippen LogP contribution in [0.15, 0.2) is 95.9 Å². The normalized spacial score (nSPS) is 19.7. The molecule has 4 rings (SSSR count). The van der Waals surface area contributed by atoms with Crippen LogP contribution >= 0.6 is 0 Å². The monoisotopic (exact) mass is 509 g/mol. The molecule has 3 atom stereocenters. The summed E-state index contributed by atoms with van der Waals surface area (Å²) in [4.78, 5) is 2.53. The zero-order valence-electron chi connectivity index (χ0n) is 20.5. The molecular weight excluding hydrogens is 474 g/mol. The summed E-state index contributed by atoms with van der Waals surface area (Å²) in [6.07, 6.45) is 1.14. The maximum absolute atomic E-state index is 13.8. The first-order chi connectivity index (χ1) is 17.6.